The summed E-state index contributed by atoms with van der Waals surface area (Å²) in [5.41, 5.74) is -0.0881. The predicted octanol–water partition coefficient (Wildman–Crippen LogP) is 2.36. The zero-order chi connectivity index (χ0) is 19.5. The van der Waals surface area contributed by atoms with Gasteiger partial charge in [0.1, 0.15) is 17.2 Å². The van der Waals surface area contributed by atoms with Crippen LogP contribution in [0.15, 0.2) is 24.3 Å². The summed E-state index contributed by atoms with van der Waals surface area (Å²) >= 11 is 0. The van der Waals surface area contributed by atoms with E-state index in [1.54, 1.807) is 34.6 Å². The van der Waals surface area contributed by atoms with E-state index in [0.717, 1.165) is 11.3 Å². The number of amides is 3. The van der Waals surface area contributed by atoms with Gasteiger partial charge in [-0.15, -0.1) is 0 Å². The van der Waals surface area contributed by atoms with Crippen molar-refractivity contribution < 1.29 is 19.1 Å². The summed E-state index contributed by atoms with van der Waals surface area (Å²) in [5.74, 6) is -0.717. The van der Waals surface area contributed by atoms with Gasteiger partial charge in [0.2, 0.25) is 11.8 Å². The number of fused-ring (bicyclic) bond motifs is 1. The number of ether oxygens (including phenoxy) is 1. The van der Waals surface area contributed by atoms with Gasteiger partial charge in [0.25, 0.3) is 0 Å². The van der Waals surface area contributed by atoms with E-state index in [9.17, 15) is 14.4 Å². The van der Waals surface area contributed by atoms with E-state index in [1.165, 1.54) is 0 Å². The SMILES string of the molecule is CC(C)(C)OC(=O)NC(C)(C)C(=O)NC1CCc2ccccc2NC1=O. The fourth-order valence-corrected chi connectivity index (χ4v) is 2.60. The van der Waals surface area contributed by atoms with Crippen molar-refractivity contribution in [1.82, 2.24) is 10.6 Å². The van der Waals surface area contributed by atoms with Crippen LogP contribution in [0.4, 0.5) is 10.5 Å². The summed E-state index contributed by atoms with van der Waals surface area (Å²) in [5, 5.41) is 8.11. The molecule has 1 heterocycles. The Kier molecular flexibility index (Phi) is 5.59. The van der Waals surface area contributed by atoms with Crippen molar-refractivity contribution in [2.24, 2.45) is 0 Å². The maximum absolute atomic E-state index is 12.6. The maximum atomic E-state index is 12.6. The van der Waals surface area contributed by atoms with E-state index >= 15 is 0 Å². The molecular formula is C19H27N3O4. The second-order valence-corrected chi connectivity index (χ2v) is 7.96. The molecule has 2 rings (SSSR count). The van der Waals surface area contributed by atoms with E-state index in [1.807, 2.05) is 24.3 Å². The fraction of sp³-hybridized carbons (Fsp3) is 0.526. The van der Waals surface area contributed by atoms with Gasteiger partial charge in [-0.2, -0.15) is 0 Å². The van der Waals surface area contributed by atoms with Gasteiger partial charge >= 0.3 is 6.09 Å². The predicted molar refractivity (Wildman–Crippen MR) is 98.8 cm³/mol. The second kappa shape index (κ2) is 7.35. The van der Waals surface area contributed by atoms with Crippen LogP contribution in [0.5, 0.6) is 0 Å². The van der Waals surface area contributed by atoms with Gasteiger partial charge in [0.15, 0.2) is 0 Å². The zero-order valence-corrected chi connectivity index (χ0v) is 15.9. The van der Waals surface area contributed by atoms with Crippen molar-refractivity contribution in [3.8, 4) is 0 Å². The van der Waals surface area contributed by atoms with Crippen molar-refractivity contribution in [1.29, 1.82) is 0 Å². The number of carbonyl (C=O) groups is 3. The topological polar surface area (TPSA) is 96.5 Å². The van der Waals surface area contributed by atoms with Gasteiger partial charge in [-0.1, -0.05) is 18.2 Å². The third kappa shape index (κ3) is 5.21. The number of aryl methyl sites for hydroxylation is 1. The van der Waals surface area contributed by atoms with E-state index < -0.39 is 29.2 Å². The van der Waals surface area contributed by atoms with Crippen LogP contribution >= 0.6 is 0 Å². The third-order valence-corrected chi connectivity index (χ3v) is 3.98. The number of hydrogen-bond acceptors (Lipinski definition) is 4. The van der Waals surface area contributed by atoms with Crippen LogP contribution in [0, 0.1) is 0 Å². The number of hydrogen-bond donors (Lipinski definition) is 3. The molecule has 0 fully saturated rings. The van der Waals surface area contributed by atoms with Gasteiger partial charge < -0.3 is 20.7 Å². The van der Waals surface area contributed by atoms with Gasteiger partial charge in [-0.3, -0.25) is 9.59 Å². The molecule has 26 heavy (non-hydrogen) atoms. The fourth-order valence-electron chi connectivity index (χ4n) is 2.60. The molecular weight excluding hydrogens is 334 g/mol. The van der Waals surface area contributed by atoms with Crippen molar-refractivity contribution in [3.05, 3.63) is 29.8 Å². The molecule has 3 amide bonds. The Balaban J connectivity index is 2.00. The normalized spacial score (nSPS) is 17.4. The largest absolute Gasteiger partial charge is 0.444 e. The first-order valence-electron chi connectivity index (χ1n) is 8.69. The van der Waals surface area contributed by atoms with Crippen LogP contribution in [-0.4, -0.2) is 35.1 Å². The summed E-state index contributed by atoms with van der Waals surface area (Å²) in [7, 11) is 0. The Morgan fingerprint density at radius 3 is 2.46 bits per heavy atom. The van der Waals surface area contributed by atoms with E-state index in [4.69, 9.17) is 4.74 Å². The first-order chi connectivity index (χ1) is 12.0. The molecule has 0 bridgehead atoms. The molecule has 1 atom stereocenters. The van der Waals surface area contributed by atoms with Gasteiger partial charge in [-0.25, -0.2) is 4.79 Å². The monoisotopic (exact) mass is 361 g/mol. The van der Waals surface area contributed by atoms with Gasteiger partial charge in [-0.05, 0) is 59.1 Å². The lowest BCUT2D eigenvalue weighted by Crippen LogP contribution is -2.58. The Labute approximate surface area is 153 Å². The highest BCUT2D eigenvalue weighted by Gasteiger charge is 2.35. The molecule has 0 spiro atoms. The Morgan fingerprint density at radius 1 is 1.15 bits per heavy atom. The lowest BCUT2D eigenvalue weighted by Gasteiger charge is -2.29. The first-order valence-corrected chi connectivity index (χ1v) is 8.69. The number of benzene rings is 1. The standard InChI is InChI=1S/C19H27N3O4/c1-18(2,3)26-17(25)22-19(4,5)16(24)21-14-11-10-12-8-6-7-9-13(12)20-15(14)23/h6-9,14H,10-11H2,1-5H3,(H,20,23)(H,21,24)(H,22,25). The molecule has 1 aromatic carbocycles. The van der Waals surface area contributed by atoms with Crippen LogP contribution in [0.2, 0.25) is 0 Å². The zero-order valence-electron chi connectivity index (χ0n) is 15.9. The smallest absolute Gasteiger partial charge is 0.408 e. The van der Waals surface area contributed by atoms with Crippen molar-refractivity contribution in [2.75, 3.05) is 5.32 Å². The van der Waals surface area contributed by atoms with Crippen molar-refractivity contribution >= 4 is 23.6 Å². The molecule has 0 saturated heterocycles. The van der Waals surface area contributed by atoms with Crippen molar-refractivity contribution in [3.63, 3.8) is 0 Å². The number of nitrogens with one attached hydrogen (secondary N) is 3. The molecule has 0 aromatic heterocycles. The van der Waals surface area contributed by atoms with Crippen LogP contribution in [0.1, 0.15) is 46.6 Å². The van der Waals surface area contributed by atoms with Crippen LogP contribution in [0.3, 0.4) is 0 Å². The quantitative estimate of drug-likeness (QED) is 0.770. The Morgan fingerprint density at radius 2 is 1.81 bits per heavy atom. The molecule has 1 unspecified atom stereocenters. The minimum Gasteiger partial charge on any atom is -0.444 e. The number of carbonyl (C=O) groups excluding carboxylic acids is 3. The lowest BCUT2D eigenvalue weighted by molar-refractivity contribution is -0.130. The number of anilines is 1. The molecule has 0 radical (unpaired) electrons. The summed E-state index contributed by atoms with van der Waals surface area (Å²) in [4.78, 5) is 37.0. The molecule has 1 aliphatic rings. The molecule has 0 aliphatic carbocycles. The molecule has 3 N–H and O–H groups in total. The van der Waals surface area contributed by atoms with Crippen LogP contribution < -0.4 is 16.0 Å². The summed E-state index contributed by atoms with van der Waals surface area (Å²) in [6, 6.07) is 6.89. The molecule has 142 valence electrons. The number of alkyl carbamates (subject to hydrolysis) is 1. The maximum Gasteiger partial charge on any atom is 0.408 e. The highest BCUT2D eigenvalue weighted by Crippen LogP contribution is 2.21. The average Bonchev–Trinajstić information content (AvgIpc) is 2.64. The molecule has 7 nitrogen and oxygen atoms in total. The summed E-state index contributed by atoms with van der Waals surface area (Å²) in [6.07, 6.45) is 0.465. The van der Waals surface area contributed by atoms with Crippen molar-refractivity contribution in [2.45, 2.75) is 64.6 Å². The summed E-state index contributed by atoms with van der Waals surface area (Å²) in [6.45, 7) is 8.36. The molecule has 1 aromatic rings. The van der Waals surface area contributed by atoms with Gasteiger partial charge in [0.05, 0.1) is 0 Å². The summed E-state index contributed by atoms with van der Waals surface area (Å²) < 4.78 is 5.19. The molecule has 0 saturated carbocycles. The van der Waals surface area contributed by atoms with E-state index in [0.29, 0.717) is 12.8 Å². The minimum atomic E-state index is -1.22. The number of rotatable bonds is 3. The van der Waals surface area contributed by atoms with E-state index in [2.05, 4.69) is 16.0 Å². The average molecular weight is 361 g/mol. The van der Waals surface area contributed by atoms with E-state index in [-0.39, 0.29) is 5.91 Å². The molecule has 7 heteroatoms. The highest BCUT2D eigenvalue weighted by atomic mass is 16.6. The van der Waals surface area contributed by atoms with Crippen LogP contribution in [-0.2, 0) is 20.7 Å². The molecule has 1 aliphatic heterocycles. The van der Waals surface area contributed by atoms with Crippen LogP contribution in [0.25, 0.3) is 0 Å². The second-order valence-electron chi connectivity index (χ2n) is 7.96. The Hall–Kier alpha value is -2.57. The van der Waals surface area contributed by atoms with Gasteiger partial charge in [0, 0.05) is 5.69 Å². The lowest BCUT2D eigenvalue weighted by atomic mass is 10.0. The number of para-hydroxylation sites is 1. The third-order valence-electron chi connectivity index (χ3n) is 3.98. The first kappa shape index (κ1) is 19.8. The Bertz CT molecular complexity index is 707. The minimum absolute atomic E-state index is 0.267. The highest BCUT2D eigenvalue weighted by molar-refractivity contribution is 6.00.